The number of hydrogen-bond acceptors (Lipinski definition) is 3. The first kappa shape index (κ1) is 23.5. The zero-order valence-corrected chi connectivity index (χ0v) is 19.2. The van der Waals surface area contributed by atoms with Crippen LogP contribution in [0.1, 0.15) is 45.9 Å². The summed E-state index contributed by atoms with van der Waals surface area (Å²) in [6.07, 6.45) is 2.13. The van der Waals surface area contributed by atoms with Crippen molar-refractivity contribution >= 4 is 5.97 Å². The van der Waals surface area contributed by atoms with Gasteiger partial charge in [0.1, 0.15) is 5.75 Å². The molecule has 0 aliphatic heterocycles. The van der Waals surface area contributed by atoms with Crippen LogP contribution in [0.25, 0.3) is 0 Å². The van der Waals surface area contributed by atoms with Crippen LogP contribution in [0.2, 0.25) is 0 Å². The van der Waals surface area contributed by atoms with Crippen LogP contribution < -0.4 is 4.74 Å². The van der Waals surface area contributed by atoms with Gasteiger partial charge in [-0.05, 0) is 85.5 Å². The number of esters is 1. The van der Waals surface area contributed by atoms with E-state index >= 15 is 0 Å². The molecule has 0 fully saturated rings. The van der Waals surface area contributed by atoms with E-state index in [0.29, 0.717) is 5.75 Å². The van der Waals surface area contributed by atoms with Crippen LogP contribution in [-0.2, 0) is 16.0 Å². The number of carbonyl (C=O) groups excluding carboxylic acids is 1. The molecule has 0 aliphatic rings. The topological polar surface area (TPSA) is 35.5 Å². The Morgan fingerprint density at radius 3 is 2.06 bits per heavy atom. The van der Waals surface area contributed by atoms with E-state index in [4.69, 9.17) is 9.47 Å². The van der Waals surface area contributed by atoms with E-state index in [-0.39, 0.29) is 6.79 Å². The molecule has 0 amide bonds. The molecule has 3 aromatic rings. The second-order valence-electron chi connectivity index (χ2n) is 7.49. The van der Waals surface area contributed by atoms with Gasteiger partial charge in [-0.3, -0.25) is 0 Å². The van der Waals surface area contributed by atoms with Crippen molar-refractivity contribution in [3.63, 3.8) is 0 Å². The lowest BCUT2D eigenvalue weighted by Gasteiger charge is -2.08. The van der Waals surface area contributed by atoms with Crippen LogP contribution in [0.5, 0.6) is 5.75 Å². The van der Waals surface area contributed by atoms with Crippen LogP contribution in [0.3, 0.4) is 0 Å². The molecule has 0 atom stereocenters. The zero-order chi connectivity index (χ0) is 23.6. The molecule has 3 rings (SSSR count). The lowest BCUT2D eigenvalue weighted by molar-refractivity contribution is -0.144. The molecular weight excluding hydrogens is 408 g/mol. The summed E-state index contributed by atoms with van der Waals surface area (Å²) in [7, 11) is 0. The molecule has 164 valence electrons. The number of aryl methyl sites for hydroxylation is 3. The number of rotatable bonds is 5. The van der Waals surface area contributed by atoms with E-state index in [1.807, 2.05) is 44.2 Å². The monoisotopic (exact) mass is 434 g/mol. The van der Waals surface area contributed by atoms with Gasteiger partial charge in [-0.2, -0.15) is 0 Å². The fourth-order valence-electron chi connectivity index (χ4n) is 3.09. The summed E-state index contributed by atoms with van der Waals surface area (Å²) in [5.74, 6) is 13.0. The summed E-state index contributed by atoms with van der Waals surface area (Å²) in [6, 6.07) is 20.0. The fourth-order valence-corrected chi connectivity index (χ4v) is 3.09. The predicted molar refractivity (Wildman–Crippen MR) is 132 cm³/mol. The van der Waals surface area contributed by atoms with Crippen LogP contribution in [0.4, 0.5) is 0 Å². The molecule has 0 spiro atoms. The highest BCUT2D eigenvalue weighted by Crippen LogP contribution is 2.19. The van der Waals surface area contributed by atoms with E-state index in [9.17, 15) is 4.79 Å². The molecule has 0 heterocycles. The van der Waals surface area contributed by atoms with E-state index < -0.39 is 5.97 Å². The molecule has 3 aromatic carbocycles. The molecule has 0 saturated heterocycles. The van der Waals surface area contributed by atoms with Crippen molar-refractivity contribution in [1.29, 1.82) is 0 Å². The molecule has 0 radical (unpaired) electrons. The summed E-state index contributed by atoms with van der Waals surface area (Å²) < 4.78 is 10.3. The number of hydrogen-bond donors (Lipinski definition) is 0. The Hall–Kier alpha value is -4.21. The highest BCUT2D eigenvalue weighted by atomic mass is 16.7. The van der Waals surface area contributed by atoms with Gasteiger partial charge in [-0.15, -0.1) is 0 Å². The third-order valence-corrected chi connectivity index (χ3v) is 5.04. The lowest BCUT2D eigenvalue weighted by atomic mass is 10.0. The molecule has 0 unspecified atom stereocenters. The molecule has 0 N–H and O–H groups in total. The summed E-state index contributed by atoms with van der Waals surface area (Å²) in [5.41, 5.74) is 7.12. The molecule has 3 heteroatoms. The van der Waals surface area contributed by atoms with Gasteiger partial charge in [0.05, 0.1) is 0 Å². The SMILES string of the molecule is C=CC(=O)OCOc1ccc(C#Cc2ccc(C#Cc3ccc(CC)cc3)c(C)c2)cc1C. The smallest absolute Gasteiger partial charge is 0.333 e. The first-order chi connectivity index (χ1) is 16.0. The Labute approximate surface area is 196 Å². The van der Waals surface area contributed by atoms with E-state index in [0.717, 1.165) is 45.9 Å². The van der Waals surface area contributed by atoms with Gasteiger partial charge in [0.25, 0.3) is 0 Å². The first-order valence-electron chi connectivity index (χ1n) is 10.7. The summed E-state index contributed by atoms with van der Waals surface area (Å²) in [5, 5.41) is 0. The molecule has 0 bridgehead atoms. The van der Waals surface area contributed by atoms with Crippen molar-refractivity contribution in [2.45, 2.75) is 27.2 Å². The Kier molecular flexibility index (Phi) is 8.12. The molecule has 3 nitrogen and oxygen atoms in total. The minimum absolute atomic E-state index is 0.157. The number of benzene rings is 3. The van der Waals surface area contributed by atoms with Gasteiger partial charge >= 0.3 is 5.97 Å². The minimum atomic E-state index is -0.520. The highest BCUT2D eigenvalue weighted by Gasteiger charge is 2.02. The second-order valence-corrected chi connectivity index (χ2v) is 7.49. The average Bonchev–Trinajstić information content (AvgIpc) is 2.83. The maximum atomic E-state index is 11.1. The zero-order valence-electron chi connectivity index (χ0n) is 19.2. The second kappa shape index (κ2) is 11.4. The van der Waals surface area contributed by atoms with Gasteiger partial charge in [0.15, 0.2) is 0 Å². The molecule has 0 aliphatic carbocycles. The van der Waals surface area contributed by atoms with Gasteiger partial charge in [0.2, 0.25) is 6.79 Å². The maximum absolute atomic E-state index is 11.1. The quantitative estimate of drug-likeness (QED) is 0.223. The van der Waals surface area contributed by atoms with Crippen LogP contribution in [0.15, 0.2) is 73.3 Å². The van der Waals surface area contributed by atoms with E-state index in [2.05, 4.69) is 67.5 Å². The largest absolute Gasteiger partial charge is 0.457 e. The van der Waals surface area contributed by atoms with Crippen LogP contribution >= 0.6 is 0 Å². The van der Waals surface area contributed by atoms with Gasteiger partial charge in [0, 0.05) is 28.3 Å². The fraction of sp³-hybridized carbons (Fsp3) is 0.167. The predicted octanol–water partition coefficient (Wildman–Crippen LogP) is 5.73. The Balaban J connectivity index is 1.67. The van der Waals surface area contributed by atoms with Crippen molar-refractivity contribution in [3.05, 3.63) is 112 Å². The standard InChI is InChI=1S/C30H26O3/c1-5-24-7-9-25(10-8-24)13-16-28-17-14-26(19-22(28)3)11-12-27-15-18-29(23(4)20-27)32-21-33-30(31)6-2/h6-10,14-15,17-20H,2,5,21H2,1,3-4H3. The normalized spacial score (nSPS) is 9.67. The summed E-state index contributed by atoms with van der Waals surface area (Å²) in [4.78, 5) is 11.1. The Bertz CT molecular complexity index is 1280. The third kappa shape index (κ3) is 6.89. The van der Waals surface area contributed by atoms with Gasteiger partial charge in [-0.25, -0.2) is 4.79 Å². The van der Waals surface area contributed by atoms with Crippen LogP contribution in [-0.4, -0.2) is 12.8 Å². The molecule has 33 heavy (non-hydrogen) atoms. The minimum Gasteiger partial charge on any atom is -0.457 e. The van der Waals surface area contributed by atoms with Crippen molar-refractivity contribution < 1.29 is 14.3 Å². The van der Waals surface area contributed by atoms with E-state index in [1.165, 1.54) is 5.56 Å². The van der Waals surface area contributed by atoms with E-state index in [1.54, 1.807) is 0 Å². The molecular formula is C30H26O3. The highest BCUT2D eigenvalue weighted by molar-refractivity contribution is 5.81. The van der Waals surface area contributed by atoms with Crippen molar-refractivity contribution in [1.82, 2.24) is 0 Å². The summed E-state index contributed by atoms with van der Waals surface area (Å²) in [6.45, 7) is 9.30. The maximum Gasteiger partial charge on any atom is 0.333 e. The van der Waals surface area contributed by atoms with Crippen molar-refractivity contribution in [2.75, 3.05) is 6.79 Å². The van der Waals surface area contributed by atoms with Gasteiger partial charge < -0.3 is 9.47 Å². The van der Waals surface area contributed by atoms with Crippen molar-refractivity contribution in [3.8, 4) is 29.4 Å². The lowest BCUT2D eigenvalue weighted by Crippen LogP contribution is -2.08. The van der Waals surface area contributed by atoms with Crippen molar-refractivity contribution in [2.24, 2.45) is 0 Å². The van der Waals surface area contributed by atoms with Crippen LogP contribution in [0, 0.1) is 37.5 Å². The Morgan fingerprint density at radius 1 is 0.848 bits per heavy atom. The third-order valence-electron chi connectivity index (χ3n) is 5.04. The molecule has 0 saturated carbocycles. The number of ether oxygens (including phenoxy) is 2. The van der Waals surface area contributed by atoms with Gasteiger partial charge in [-0.1, -0.05) is 49.3 Å². The summed E-state index contributed by atoms with van der Waals surface area (Å²) >= 11 is 0. The molecule has 0 aromatic heterocycles. The number of carbonyl (C=O) groups is 1. The average molecular weight is 435 g/mol. The first-order valence-corrected chi connectivity index (χ1v) is 10.7. The Morgan fingerprint density at radius 2 is 1.45 bits per heavy atom.